The summed E-state index contributed by atoms with van der Waals surface area (Å²) in [5.41, 5.74) is -0.0686. The summed E-state index contributed by atoms with van der Waals surface area (Å²) >= 11 is 0. The van der Waals surface area contributed by atoms with Crippen LogP contribution < -0.4 is 4.74 Å². The molecule has 1 aromatic carbocycles. The number of benzene rings is 1. The number of rotatable bonds is 6. The number of nitro groups is 1. The Morgan fingerprint density at radius 3 is 2.78 bits per heavy atom. The Morgan fingerprint density at radius 2 is 2.22 bits per heavy atom. The van der Waals surface area contributed by atoms with Crippen LogP contribution in [0.15, 0.2) is 18.2 Å². The van der Waals surface area contributed by atoms with Crippen molar-refractivity contribution in [3.8, 4) is 5.75 Å². The number of carbonyl (C=O) groups excluding carboxylic acids is 1. The Hall–Kier alpha value is -1.91. The lowest BCUT2D eigenvalue weighted by atomic mass is 10.1. The van der Waals surface area contributed by atoms with Crippen LogP contribution in [0, 0.1) is 16.0 Å². The monoisotopic (exact) mass is 249 g/mol. The molecule has 0 radical (unpaired) electrons. The third kappa shape index (κ3) is 3.06. The zero-order valence-electron chi connectivity index (χ0n) is 10.2. The number of nitrogens with zero attached hydrogens (tertiary/aromatic N) is 1. The van der Waals surface area contributed by atoms with Crippen molar-refractivity contribution in [3.63, 3.8) is 0 Å². The van der Waals surface area contributed by atoms with Crippen LogP contribution in [0.1, 0.15) is 36.5 Å². The Bertz CT molecular complexity index is 480. The van der Waals surface area contributed by atoms with E-state index >= 15 is 0 Å². The third-order valence-corrected chi connectivity index (χ3v) is 3.04. The first-order valence-corrected chi connectivity index (χ1v) is 6.00. The average Bonchev–Trinajstić information content (AvgIpc) is 3.12. The van der Waals surface area contributed by atoms with Gasteiger partial charge in [0.2, 0.25) is 0 Å². The first-order chi connectivity index (χ1) is 8.58. The highest BCUT2D eigenvalue weighted by atomic mass is 16.6. The number of ether oxygens (including phenoxy) is 1. The van der Waals surface area contributed by atoms with Crippen LogP contribution in [-0.4, -0.2) is 17.3 Å². The van der Waals surface area contributed by atoms with Crippen molar-refractivity contribution in [1.29, 1.82) is 0 Å². The quantitative estimate of drug-likeness (QED) is 0.441. The van der Waals surface area contributed by atoms with Crippen LogP contribution in [0.25, 0.3) is 0 Å². The first kappa shape index (κ1) is 12.5. The molecule has 0 saturated heterocycles. The Kier molecular flexibility index (Phi) is 3.60. The maximum absolute atomic E-state index is 11.4. The topological polar surface area (TPSA) is 69.4 Å². The molecular formula is C13H15NO4. The molecule has 1 saturated carbocycles. The van der Waals surface area contributed by atoms with Gasteiger partial charge in [0.05, 0.1) is 17.1 Å². The standard InChI is InChI=1S/C13H15NO4/c1-9(15)12-8-11(4-5-13(12)14(16)17)18-7-6-10-2-3-10/h4-5,8,10H,2-3,6-7H2,1H3. The summed E-state index contributed by atoms with van der Waals surface area (Å²) in [6.07, 6.45) is 3.54. The molecule has 0 aliphatic heterocycles. The van der Waals surface area contributed by atoms with Gasteiger partial charge in [0.25, 0.3) is 5.69 Å². The molecule has 0 atom stereocenters. The number of hydrogen-bond donors (Lipinski definition) is 0. The SMILES string of the molecule is CC(=O)c1cc(OCCC2CC2)ccc1[N+](=O)[O-]. The highest BCUT2D eigenvalue weighted by Gasteiger charge is 2.21. The molecule has 0 heterocycles. The second-order valence-corrected chi connectivity index (χ2v) is 4.57. The molecule has 1 fully saturated rings. The summed E-state index contributed by atoms with van der Waals surface area (Å²) in [7, 11) is 0. The van der Waals surface area contributed by atoms with Crippen LogP contribution in [0.4, 0.5) is 5.69 Å². The molecule has 0 spiro atoms. The van der Waals surface area contributed by atoms with Gasteiger partial charge in [0, 0.05) is 6.07 Å². The molecule has 96 valence electrons. The van der Waals surface area contributed by atoms with E-state index in [4.69, 9.17) is 4.74 Å². The van der Waals surface area contributed by atoms with Gasteiger partial charge in [-0.1, -0.05) is 12.8 Å². The summed E-state index contributed by atoms with van der Waals surface area (Å²) in [5.74, 6) is 0.969. The van der Waals surface area contributed by atoms with Gasteiger partial charge in [-0.3, -0.25) is 14.9 Å². The fraction of sp³-hybridized carbons (Fsp3) is 0.462. The highest BCUT2D eigenvalue weighted by molar-refractivity contribution is 5.98. The molecule has 0 N–H and O–H groups in total. The summed E-state index contributed by atoms with van der Waals surface area (Å²) in [6.45, 7) is 1.91. The van der Waals surface area contributed by atoms with Crippen molar-refractivity contribution >= 4 is 11.5 Å². The predicted octanol–water partition coefficient (Wildman–Crippen LogP) is 2.98. The van der Waals surface area contributed by atoms with E-state index in [-0.39, 0.29) is 17.0 Å². The zero-order chi connectivity index (χ0) is 13.1. The van der Waals surface area contributed by atoms with Gasteiger partial charge >= 0.3 is 0 Å². The van der Waals surface area contributed by atoms with Crippen molar-refractivity contribution < 1.29 is 14.5 Å². The van der Waals surface area contributed by atoms with Gasteiger partial charge in [-0.2, -0.15) is 0 Å². The molecule has 0 bridgehead atoms. The fourth-order valence-corrected chi connectivity index (χ4v) is 1.80. The van der Waals surface area contributed by atoms with Crippen molar-refractivity contribution in [2.75, 3.05) is 6.61 Å². The van der Waals surface area contributed by atoms with Gasteiger partial charge in [0.15, 0.2) is 5.78 Å². The van der Waals surface area contributed by atoms with Gasteiger partial charge in [-0.25, -0.2) is 0 Å². The minimum absolute atomic E-state index is 0.101. The average molecular weight is 249 g/mol. The molecule has 18 heavy (non-hydrogen) atoms. The van der Waals surface area contributed by atoms with E-state index in [2.05, 4.69) is 0 Å². The summed E-state index contributed by atoms with van der Waals surface area (Å²) < 4.78 is 5.51. The Labute approximate surface area is 105 Å². The van der Waals surface area contributed by atoms with E-state index in [1.165, 1.54) is 38.0 Å². The van der Waals surface area contributed by atoms with Crippen molar-refractivity contribution in [2.24, 2.45) is 5.92 Å². The van der Waals surface area contributed by atoms with E-state index in [0.717, 1.165) is 12.3 Å². The van der Waals surface area contributed by atoms with Crippen molar-refractivity contribution in [3.05, 3.63) is 33.9 Å². The lowest BCUT2D eigenvalue weighted by Gasteiger charge is -2.07. The molecule has 0 amide bonds. The van der Waals surface area contributed by atoms with Gasteiger partial charge in [-0.15, -0.1) is 0 Å². The molecule has 0 aromatic heterocycles. The Balaban J connectivity index is 2.08. The summed E-state index contributed by atoms with van der Waals surface area (Å²) in [4.78, 5) is 21.6. The van der Waals surface area contributed by atoms with E-state index in [9.17, 15) is 14.9 Å². The lowest BCUT2D eigenvalue weighted by Crippen LogP contribution is -2.03. The predicted molar refractivity (Wildman–Crippen MR) is 65.9 cm³/mol. The number of Topliss-reactive ketones (excluding diaryl/α,β-unsaturated/α-hetero) is 1. The minimum Gasteiger partial charge on any atom is -0.494 e. The first-order valence-electron chi connectivity index (χ1n) is 6.00. The molecule has 1 aromatic rings. The van der Waals surface area contributed by atoms with Gasteiger partial charge in [-0.05, 0) is 31.4 Å². The van der Waals surface area contributed by atoms with E-state index in [1.807, 2.05) is 0 Å². The second-order valence-electron chi connectivity index (χ2n) is 4.57. The van der Waals surface area contributed by atoms with E-state index in [1.54, 1.807) is 0 Å². The number of nitro benzene ring substituents is 1. The van der Waals surface area contributed by atoms with Crippen LogP contribution >= 0.6 is 0 Å². The van der Waals surface area contributed by atoms with Crippen molar-refractivity contribution in [1.82, 2.24) is 0 Å². The number of carbonyl (C=O) groups is 1. The van der Waals surface area contributed by atoms with Gasteiger partial charge < -0.3 is 4.74 Å². The molecule has 1 aliphatic carbocycles. The largest absolute Gasteiger partial charge is 0.494 e. The van der Waals surface area contributed by atoms with E-state index in [0.29, 0.717) is 12.4 Å². The third-order valence-electron chi connectivity index (χ3n) is 3.04. The summed E-state index contributed by atoms with van der Waals surface area (Å²) in [6, 6.07) is 4.31. The Morgan fingerprint density at radius 1 is 1.50 bits per heavy atom. The minimum atomic E-state index is -0.551. The van der Waals surface area contributed by atoms with Crippen LogP contribution in [0.2, 0.25) is 0 Å². The highest BCUT2D eigenvalue weighted by Crippen LogP contribution is 2.32. The summed E-state index contributed by atoms with van der Waals surface area (Å²) in [5, 5.41) is 10.8. The maximum atomic E-state index is 11.4. The normalized spacial score (nSPS) is 14.3. The fourth-order valence-electron chi connectivity index (χ4n) is 1.80. The molecule has 2 rings (SSSR count). The second kappa shape index (κ2) is 5.16. The molecule has 1 aliphatic rings. The van der Waals surface area contributed by atoms with Crippen LogP contribution in [0.3, 0.4) is 0 Å². The zero-order valence-corrected chi connectivity index (χ0v) is 10.2. The lowest BCUT2D eigenvalue weighted by molar-refractivity contribution is -0.385. The molecule has 5 heteroatoms. The number of hydrogen-bond acceptors (Lipinski definition) is 4. The molecule has 5 nitrogen and oxygen atoms in total. The molecule has 0 unspecified atom stereocenters. The smallest absolute Gasteiger partial charge is 0.280 e. The molecular weight excluding hydrogens is 234 g/mol. The number of ketones is 1. The van der Waals surface area contributed by atoms with Crippen molar-refractivity contribution in [2.45, 2.75) is 26.2 Å². The maximum Gasteiger partial charge on any atom is 0.280 e. The van der Waals surface area contributed by atoms with E-state index < -0.39 is 4.92 Å². The van der Waals surface area contributed by atoms with Crippen LogP contribution in [-0.2, 0) is 0 Å². The van der Waals surface area contributed by atoms with Gasteiger partial charge in [0.1, 0.15) is 5.75 Å². The van der Waals surface area contributed by atoms with Crippen LogP contribution in [0.5, 0.6) is 5.75 Å².